The molecular weight excluding hydrogens is 642 g/mol. The van der Waals surface area contributed by atoms with Crippen LogP contribution < -0.4 is 5.32 Å². The van der Waals surface area contributed by atoms with Crippen molar-refractivity contribution in [1.82, 2.24) is 15.1 Å². The number of aliphatic hydroxyl groups is 1. The molecule has 5 bridgehead atoms. The fourth-order valence-electron chi connectivity index (χ4n) is 7.18. The van der Waals surface area contributed by atoms with Gasteiger partial charge in [0.2, 0.25) is 17.7 Å². The molecule has 45 heavy (non-hydrogen) atoms. The van der Waals surface area contributed by atoms with Crippen LogP contribution in [0.2, 0.25) is 0 Å². The summed E-state index contributed by atoms with van der Waals surface area (Å²) in [4.78, 5) is 59.4. The predicted molar refractivity (Wildman–Crippen MR) is 171 cm³/mol. The Morgan fingerprint density at radius 3 is 2.56 bits per heavy atom. The maximum atomic E-state index is 14.7. The molecule has 2 N–H and O–H groups in total. The lowest BCUT2D eigenvalue weighted by atomic mass is 9.74. The van der Waals surface area contributed by atoms with E-state index >= 15 is 0 Å². The molecule has 0 saturated carbocycles. The molecule has 0 radical (unpaired) electrons. The molecule has 5 rings (SSSR count). The average molecular weight is 687 g/mol. The van der Waals surface area contributed by atoms with Crippen molar-refractivity contribution in [3.8, 4) is 0 Å². The predicted octanol–water partition coefficient (Wildman–Crippen LogP) is 3.65. The van der Waals surface area contributed by atoms with Gasteiger partial charge in [-0.05, 0) is 36.8 Å². The molecule has 4 aliphatic rings. The molecule has 11 heteroatoms. The Bertz CT molecular complexity index is 1330. The van der Waals surface area contributed by atoms with Crippen molar-refractivity contribution in [3.05, 3.63) is 58.6 Å². The number of rotatable bonds is 8. The molecule has 244 valence electrons. The van der Waals surface area contributed by atoms with E-state index < -0.39 is 53.6 Å². The normalized spacial score (nSPS) is 32.0. The van der Waals surface area contributed by atoms with Gasteiger partial charge in [0.25, 0.3) is 0 Å². The van der Waals surface area contributed by atoms with Crippen LogP contribution in [0.3, 0.4) is 0 Å². The Kier molecular flexibility index (Phi) is 10.5. The Morgan fingerprint density at radius 2 is 1.87 bits per heavy atom. The van der Waals surface area contributed by atoms with Crippen LogP contribution in [0.25, 0.3) is 0 Å². The van der Waals surface area contributed by atoms with E-state index in [1.54, 1.807) is 11.0 Å². The lowest BCUT2D eigenvalue weighted by Crippen LogP contribution is -2.58. The van der Waals surface area contributed by atoms with Gasteiger partial charge in [-0.2, -0.15) is 0 Å². The van der Waals surface area contributed by atoms with E-state index in [0.29, 0.717) is 36.0 Å². The van der Waals surface area contributed by atoms with Crippen molar-refractivity contribution >= 4 is 39.6 Å². The fourth-order valence-corrected chi connectivity index (χ4v) is 7.91. The number of fused-ring (bicyclic) bond motifs is 2. The summed E-state index contributed by atoms with van der Waals surface area (Å²) in [6, 6.07) is 7.44. The molecule has 1 aromatic rings. The number of hydrogen-bond donors (Lipinski definition) is 2. The minimum Gasteiger partial charge on any atom is -0.455 e. The minimum absolute atomic E-state index is 0.0658. The molecule has 4 heterocycles. The Morgan fingerprint density at radius 1 is 1.11 bits per heavy atom. The number of hydrogen-bond acceptors (Lipinski definition) is 7. The lowest BCUT2D eigenvalue weighted by Gasteiger charge is -2.39. The van der Waals surface area contributed by atoms with Gasteiger partial charge in [0.15, 0.2) is 0 Å². The van der Waals surface area contributed by atoms with E-state index in [9.17, 15) is 24.3 Å². The van der Waals surface area contributed by atoms with E-state index in [-0.39, 0.29) is 37.3 Å². The largest absolute Gasteiger partial charge is 0.455 e. The molecule has 7 atom stereocenters. The number of cyclic esters (lactones) is 1. The molecule has 0 aliphatic carbocycles. The summed E-state index contributed by atoms with van der Waals surface area (Å²) < 4.78 is 13.3. The topological polar surface area (TPSA) is 125 Å². The van der Waals surface area contributed by atoms with Crippen molar-refractivity contribution < 1.29 is 33.8 Å². The van der Waals surface area contributed by atoms with Gasteiger partial charge in [0, 0.05) is 24.0 Å². The number of nitrogens with zero attached hydrogens (tertiary/aromatic N) is 2. The molecule has 10 nitrogen and oxygen atoms in total. The summed E-state index contributed by atoms with van der Waals surface area (Å²) in [6.07, 6.45) is 6.76. The van der Waals surface area contributed by atoms with Gasteiger partial charge in [-0.1, -0.05) is 85.6 Å². The number of nitrogens with one attached hydrogen (secondary N) is 1. The van der Waals surface area contributed by atoms with Gasteiger partial charge in [-0.25, -0.2) is 0 Å². The molecular formula is C34H44BrN3O7. The monoisotopic (exact) mass is 685 g/mol. The second kappa shape index (κ2) is 14.2. The number of carbonyl (C=O) groups excluding carboxylic acids is 4. The molecule has 4 aliphatic heterocycles. The number of carbonyl (C=O) groups is 4. The molecule has 1 spiro atoms. The number of aliphatic hydroxyl groups excluding tert-OH is 1. The number of benzene rings is 1. The Labute approximate surface area is 273 Å². The standard InChI is InChI=1S/C34H44BrN3O7/c1-4-5-15-37-16-11-7-10-14-26(40)36-19-25(22-12-8-6-9-13-22)44-33(43)27-28-31(41)38(23(20-39)17-21(2)3)30(32(37)42)34(28)18-24(35)29(27)45-34/h6-9,11-13,18,21,23,25,27-30,39H,4-5,10,14-17,19-20H2,1-3H3,(H,36,40)/b11-7-/t23-,25-,27-,28+,29-,30-,34+/m1/s1. The van der Waals surface area contributed by atoms with E-state index in [0.717, 1.165) is 12.8 Å². The third-order valence-corrected chi connectivity index (χ3v) is 9.94. The summed E-state index contributed by atoms with van der Waals surface area (Å²) in [5, 5.41) is 13.5. The third-order valence-electron chi connectivity index (χ3n) is 9.26. The molecule has 0 aromatic heterocycles. The van der Waals surface area contributed by atoms with Gasteiger partial charge in [0.1, 0.15) is 29.8 Å². The Hall–Kier alpha value is -3.02. The molecule has 2 fully saturated rings. The second-order valence-corrected chi connectivity index (χ2v) is 13.7. The number of amides is 3. The first-order chi connectivity index (χ1) is 21.6. The molecule has 0 unspecified atom stereocenters. The van der Waals surface area contributed by atoms with Crippen molar-refractivity contribution in [1.29, 1.82) is 0 Å². The SMILES string of the molecule is CCCCN1C/C=C\CCC(=O)NC[C@H](c2ccccc2)OC(=O)[C@H]2[C@@H]3O[C@@]4(C=C3Br)[C@@H]2C(=O)N([C@@H](CO)CC(C)C)[C@@H]4C1=O. The number of halogens is 1. The fraction of sp³-hybridized carbons (Fsp3) is 0.588. The van der Waals surface area contributed by atoms with E-state index in [2.05, 4.69) is 21.2 Å². The summed E-state index contributed by atoms with van der Waals surface area (Å²) >= 11 is 3.59. The van der Waals surface area contributed by atoms with Crippen LogP contribution in [-0.2, 0) is 28.7 Å². The highest BCUT2D eigenvalue weighted by molar-refractivity contribution is 9.11. The zero-order valence-corrected chi connectivity index (χ0v) is 27.8. The van der Waals surface area contributed by atoms with Gasteiger partial charge < -0.3 is 29.7 Å². The smallest absolute Gasteiger partial charge is 0.313 e. The van der Waals surface area contributed by atoms with E-state index in [1.807, 2.05) is 63.3 Å². The summed E-state index contributed by atoms with van der Waals surface area (Å²) in [5.41, 5.74) is -0.710. The molecule has 2 saturated heterocycles. The van der Waals surface area contributed by atoms with Crippen LogP contribution >= 0.6 is 15.9 Å². The quantitative estimate of drug-likeness (QED) is 0.316. The minimum atomic E-state index is -1.41. The van der Waals surface area contributed by atoms with Crippen LogP contribution in [0.15, 0.2) is 53.0 Å². The zero-order valence-electron chi connectivity index (χ0n) is 26.2. The first kappa shape index (κ1) is 33.3. The zero-order chi connectivity index (χ0) is 32.3. The molecule has 3 amide bonds. The van der Waals surface area contributed by atoms with Crippen LogP contribution in [0, 0.1) is 17.8 Å². The lowest BCUT2D eigenvalue weighted by molar-refractivity contribution is -0.160. The van der Waals surface area contributed by atoms with Crippen LogP contribution in [0.1, 0.15) is 64.5 Å². The number of unbranched alkanes of at least 4 members (excludes halogenated alkanes) is 1. The first-order valence-electron chi connectivity index (χ1n) is 16.1. The number of allylic oxidation sites excluding steroid dienone is 1. The maximum Gasteiger partial charge on any atom is 0.313 e. The summed E-state index contributed by atoms with van der Waals surface area (Å²) in [6.45, 7) is 6.55. The van der Waals surface area contributed by atoms with Crippen LogP contribution in [0.5, 0.6) is 0 Å². The van der Waals surface area contributed by atoms with Crippen molar-refractivity contribution in [2.24, 2.45) is 17.8 Å². The third kappa shape index (κ3) is 6.49. The highest BCUT2D eigenvalue weighted by atomic mass is 79.9. The van der Waals surface area contributed by atoms with Gasteiger partial charge in [-0.3, -0.25) is 19.2 Å². The van der Waals surface area contributed by atoms with Crippen molar-refractivity contribution in [2.75, 3.05) is 26.2 Å². The summed E-state index contributed by atoms with van der Waals surface area (Å²) in [7, 11) is 0. The van der Waals surface area contributed by atoms with E-state index in [1.165, 1.54) is 4.90 Å². The number of ether oxygens (including phenoxy) is 2. The number of esters is 1. The van der Waals surface area contributed by atoms with Crippen LogP contribution in [-0.4, -0.2) is 88.6 Å². The summed E-state index contributed by atoms with van der Waals surface area (Å²) in [5.74, 6) is -3.42. The second-order valence-electron chi connectivity index (χ2n) is 12.8. The highest BCUT2D eigenvalue weighted by Gasteiger charge is 2.75. The Balaban J connectivity index is 1.61. The van der Waals surface area contributed by atoms with Gasteiger partial charge in [0.05, 0.1) is 25.1 Å². The van der Waals surface area contributed by atoms with E-state index in [4.69, 9.17) is 9.47 Å². The van der Waals surface area contributed by atoms with Crippen molar-refractivity contribution in [2.45, 2.75) is 82.8 Å². The van der Waals surface area contributed by atoms with Crippen molar-refractivity contribution in [3.63, 3.8) is 0 Å². The average Bonchev–Trinajstić information content (AvgIpc) is 3.62. The maximum absolute atomic E-state index is 14.7. The molecule has 1 aromatic carbocycles. The first-order valence-corrected chi connectivity index (χ1v) is 16.9. The van der Waals surface area contributed by atoms with Crippen LogP contribution in [0.4, 0.5) is 0 Å². The van der Waals surface area contributed by atoms with Gasteiger partial charge >= 0.3 is 5.97 Å². The highest BCUT2D eigenvalue weighted by Crippen LogP contribution is 2.59. The number of likely N-dealkylation sites (tertiary alicyclic amines) is 1. The van der Waals surface area contributed by atoms with Gasteiger partial charge in [-0.15, -0.1) is 0 Å².